The lowest BCUT2D eigenvalue weighted by atomic mass is 9.85. The summed E-state index contributed by atoms with van der Waals surface area (Å²) in [5.74, 6) is 0.354. The third-order valence-corrected chi connectivity index (χ3v) is 4.77. The molecule has 1 atom stereocenters. The van der Waals surface area contributed by atoms with Crippen LogP contribution < -0.4 is 0 Å². The summed E-state index contributed by atoms with van der Waals surface area (Å²) < 4.78 is 0. The van der Waals surface area contributed by atoms with E-state index in [0.717, 1.165) is 40.1 Å². The van der Waals surface area contributed by atoms with E-state index in [0.29, 0.717) is 0 Å². The van der Waals surface area contributed by atoms with Gasteiger partial charge in [0.25, 0.3) is 0 Å². The number of carbonyl (C=O) groups is 2. The van der Waals surface area contributed by atoms with Gasteiger partial charge in [0.15, 0.2) is 11.6 Å². The van der Waals surface area contributed by atoms with Crippen LogP contribution in [0.5, 0.6) is 0 Å². The molecule has 0 spiro atoms. The van der Waals surface area contributed by atoms with Crippen LogP contribution in [-0.4, -0.2) is 16.6 Å². The first-order valence-electron chi connectivity index (χ1n) is 8.22. The molecule has 23 heavy (non-hydrogen) atoms. The van der Waals surface area contributed by atoms with Gasteiger partial charge in [-0.2, -0.15) is 0 Å². The fourth-order valence-corrected chi connectivity index (χ4v) is 3.54. The number of hydrogen-bond acceptors (Lipinski definition) is 2. The monoisotopic (exact) mass is 315 g/mol. The van der Waals surface area contributed by atoms with Gasteiger partial charge in [-0.05, 0) is 66.0 Å². The van der Waals surface area contributed by atoms with E-state index in [9.17, 15) is 9.59 Å². The van der Waals surface area contributed by atoms with Crippen molar-refractivity contribution in [2.45, 2.75) is 67.7 Å². The minimum Gasteiger partial charge on any atom is -0.361 e. The van der Waals surface area contributed by atoms with Crippen molar-refractivity contribution in [3.63, 3.8) is 0 Å². The fraction of sp³-hybridized carbons (Fsp3) is 0.500. The number of ketones is 2. The molecule has 126 valence electrons. The van der Waals surface area contributed by atoms with Gasteiger partial charge in [0, 0.05) is 28.4 Å². The Morgan fingerprint density at radius 2 is 1.70 bits per heavy atom. The molecule has 3 nitrogen and oxygen atoms in total. The molecule has 1 unspecified atom stereocenters. The first-order valence-corrected chi connectivity index (χ1v) is 8.22. The first-order chi connectivity index (χ1) is 10.7. The van der Waals surface area contributed by atoms with Crippen molar-refractivity contribution in [2.75, 3.05) is 0 Å². The Balaban J connectivity index is 3.48. The van der Waals surface area contributed by atoms with Gasteiger partial charge in [-0.15, -0.1) is 0 Å². The van der Waals surface area contributed by atoms with Gasteiger partial charge in [-0.25, -0.2) is 0 Å². The van der Waals surface area contributed by atoms with Crippen molar-refractivity contribution in [1.82, 2.24) is 4.98 Å². The van der Waals surface area contributed by atoms with Crippen LogP contribution in [0, 0.1) is 13.8 Å². The molecular formula is C20H29NO2. The van der Waals surface area contributed by atoms with E-state index in [1.807, 2.05) is 33.8 Å². The third-order valence-electron chi connectivity index (χ3n) is 4.77. The molecule has 3 heteroatoms. The van der Waals surface area contributed by atoms with Crippen molar-refractivity contribution < 1.29 is 9.59 Å². The van der Waals surface area contributed by atoms with Crippen LogP contribution in [0.3, 0.4) is 0 Å². The highest BCUT2D eigenvalue weighted by molar-refractivity contribution is 5.98. The Kier molecular flexibility index (Phi) is 6.31. The van der Waals surface area contributed by atoms with Crippen LogP contribution in [0.1, 0.15) is 81.2 Å². The molecule has 0 fully saturated rings. The number of carbonyl (C=O) groups excluding carboxylic acids is 2. The molecule has 0 aliphatic carbocycles. The number of allylic oxidation sites excluding steroid dienone is 4. The number of aromatic amines is 1. The van der Waals surface area contributed by atoms with Crippen molar-refractivity contribution in [2.24, 2.45) is 0 Å². The van der Waals surface area contributed by atoms with Crippen LogP contribution >= 0.6 is 0 Å². The van der Waals surface area contributed by atoms with Gasteiger partial charge in [0.05, 0.1) is 0 Å². The molecule has 1 aromatic heterocycles. The topological polar surface area (TPSA) is 49.9 Å². The summed E-state index contributed by atoms with van der Waals surface area (Å²) in [4.78, 5) is 27.1. The van der Waals surface area contributed by atoms with Crippen LogP contribution in [0.15, 0.2) is 22.8 Å². The summed E-state index contributed by atoms with van der Waals surface area (Å²) in [5, 5.41) is 0. The highest BCUT2D eigenvalue weighted by Gasteiger charge is 2.23. The average Bonchev–Trinajstić information content (AvgIpc) is 2.74. The van der Waals surface area contributed by atoms with Gasteiger partial charge >= 0.3 is 0 Å². The predicted molar refractivity (Wildman–Crippen MR) is 96.1 cm³/mol. The highest BCUT2D eigenvalue weighted by atomic mass is 16.1. The molecule has 0 saturated carbocycles. The summed E-state index contributed by atoms with van der Waals surface area (Å²) in [7, 11) is 0. The van der Waals surface area contributed by atoms with E-state index in [1.54, 1.807) is 13.8 Å². The lowest BCUT2D eigenvalue weighted by molar-refractivity contribution is -0.113. The maximum atomic E-state index is 11.9. The molecule has 0 bridgehead atoms. The number of Topliss-reactive ketones (excluding diaryl/α,β-unsaturated/α-hetero) is 2. The predicted octanol–water partition coefficient (Wildman–Crippen LogP) is 5.20. The molecule has 0 aromatic carbocycles. The maximum Gasteiger partial charge on any atom is 0.161 e. The second-order valence-corrected chi connectivity index (χ2v) is 6.25. The Labute approximate surface area is 139 Å². The quantitative estimate of drug-likeness (QED) is 0.445. The van der Waals surface area contributed by atoms with E-state index < -0.39 is 0 Å². The summed E-state index contributed by atoms with van der Waals surface area (Å²) in [6.07, 6.45) is 2.79. The van der Waals surface area contributed by atoms with E-state index in [-0.39, 0.29) is 17.5 Å². The van der Waals surface area contributed by atoms with E-state index >= 15 is 0 Å². The number of aryl methyl sites for hydroxylation is 1. The van der Waals surface area contributed by atoms with Gasteiger partial charge in [0.1, 0.15) is 0 Å². The van der Waals surface area contributed by atoms with Crippen LogP contribution in [0.25, 0.3) is 0 Å². The average molecular weight is 315 g/mol. The van der Waals surface area contributed by atoms with Crippen molar-refractivity contribution >= 4 is 11.6 Å². The molecule has 0 aliphatic heterocycles. The lowest BCUT2D eigenvalue weighted by Gasteiger charge is -2.20. The molecular weight excluding hydrogens is 286 g/mol. The first kappa shape index (κ1) is 19.1. The van der Waals surface area contributed by atoms with Crippen LogP contribution in [-0.2, 0) is 4.79 Å². The van der Waals surface area contributed by atoms with E-state index in [1.165, 1.54) is 5.57 Å². The molecule has 1 heterocycles. The Hall–Kier alpha value is -1.90. The molecule has 0 aliphatic rings. The van der Waals surface area contributed by atoms with E-state index in [2.05, 4.69) is 18.8 Å². The zero-order valence-electron chi connectivity index (χ0n) is 15.7. The minimum absolute atomic E-state index is 0.0861. The highest BCUT2D eigenvalue weighted by Crippen LogP contribution is 2.35. The standard InChI is InChI=1S/C20H29NO2/c1-9-17(15(7)22)11(3)12(4)18(10-2)20-13(5)19(16(8)23)14(6)21-20/h9,18,21H,10H2,1-8H3. The van der Waals surface area contributed by atoms with Crippen LogP contribution in [0.4, 0.5) is 0 Å². The number of H-pyrrole nitrogens is 1. The lowest BCUT2D eigenvalue weighted by Crippen LogP contribution is -2.08. The molecule has 1 N–H and O–H groups in total. The Morgan fingerprint density at radius 1 is 1.13 bits per heavy atom. The minimum atomic E-state index is 0.0861. The molecule has 1 rings (SSSR count). The van der Waals surface area contributed by atoms with Crippen molar-refractivity contribution in [3.8, 4) is 0 Å². The van der Waals surface area contributed by atoms with Gasteiger partial charge in [-0.1, -0.05) is 18.6 Å². The van der Waals surface area contributed by atoms with E-state index in [4.69, 9.17) is 0 Å². The number of nitrogens with one attached hydrogen (secondary N) is 1. The van der Waals surface area contributed by atoms with Gasteiger partial charge < -0.3 is 4.98 Å². The molecule has 0 radical (unpaired) electrons. The number of aromatic nitrogens is 1. The largest absolute Gasteiger partial charge is 0.361 e. The smallest absolute Gasteiger partial charge is 0.161 e. The number of rotatable bonds is 6. The second-order valence-electron chi connectivity index (χ2n) is 6.25. The van der Waals surface area contributed by atoms with Crippen LogP contribution in [0.2, 0.25) is 0 Å². The second kappa shape index (κ2) is 7.58. The molecule has 0 amide bonds. The van der Waals surface area contributed by atoms with Crippen molar-refractivity contribution in [3.05, 3.63) is 45.3 Å². The Bertz CT molecular complexity index is 687. The van der Waals surface area contributed by atoms with Gasteiger partial charge in [-0.3, -0.25) is 9.59 Å². The summed E-state index contributed by atoms with van der Waals surface area (Å²) in [6.45, 7) is 15.3. The summed E-state index contributed by atoms with van der Waals surface area (Å²) in [5.41, 5.74) is 6.81. The number of hydrogen-bond donors (Lipinski definition) is 1. The summed E-state index contributed by atoms with van der Waals surface area (Å²) >= 11 is 0. The third kappa shape index (κ3) is 3.72. The fourth-order valence-electron chi connectivity index (χ4n) is 3.54. The Morgan fingerprint density at radius 3 is 2.04 bits per heavy atom. The zero-order valence-corrected chi connectivity index (χ0v) is 15.7. The summed E-state index contributed by atoms with van der Waals surface area (Å²) in [6, 6.07) is 0. The SMILES string of the molecule is CC=C(C(C)=O)C(C)=C(C)C(CC)c1[nH]c(C)c(C(C)=O)c1C. The van der Waals surface area contributed by atoms with Gasteiger partial charge in [0.2, 0.25) is 0 Å². The maximum absolute atomic E-state index is 11.9. The molecule has 1 aromatic rings. The molecule has 0 saturated heterocycles. The van der Waals surface area contributed by atoms with Crippen molar-refractivity contribution in [1.29, 1.82) is 0 Å². The normalized spacial score (nSPS) is 14.5. The zero-order chi connectivity index (χ0) is 17.9.